The molecule has 1 N–H and O–H groups in total. The van der Waals surface area contributed by atoms with Crippen LogP contribution in [0.15, 0.2) is 17.5 Å². The Morgan fingerprint density at radius 3 is 2.61 bits per heavy atom. The maximum absolute atomic E-state index is 12.9. The topological polar surface area (TPSA) is 90.0 Å². The Balaban J connectivity index is 1.25. The fourth-order valence-corrected chi connectivity index (χ4v) is 6.79. The molecule has 0 spiro atoms. The first-order chi connectivity index (χ1) is 15.8. The van der Waals surface area contributed by atoms with Gasteiger partial charge in [-0.05, 0) is 69.3 Å². The van der Waals surface area contributed by atoms with Crippen molar-refractivity contribution in [1.29, 1.82) is 0 Å². The number of rotatable bonds is 7. The van der Waals surface area contributed by atoms with E-state index in [1.54, 1.807) is 21.9 Å². The van der Waals surface area contributed by atoms with Gasteiger partial charge in [0.05, 0.1) is 4.34 Å². The van der Waals surface area contributed by atoms with Gasteiger partial charge in [0.1, 0.15) is 0 Å². The van der Waals surface area contributed by atoms with Crippen LogP contribution in [-0.4, -0.2) is 86.8 Å². The van der Waals surface area contributed by atoms with Crippen LogP contribution >= 0.6 is 22.9 Å². The van der Waals surface area contributed by atoms with Gasteiger partial charge in [0.2, 0.25) is 10.0 Å². The third-order valence-corrected chi connectivity index (χ3v) is 8.90. The maximum atomic E-state index is 12.9. The minimum Gasteiger partial charge on any atom is -0.334 e. The summed E-state index contributed by atoms with van der Waals surface area (Å²) in [6, 6.07) is 3.59. The summed E-state index contributed by atoms with van der Waals surface area (Å²) in [6.45, 7) is 4.75. The molecule has 182 valence electrons. The van der Waals surface area contributed by atoms with Crippen molar-refractivity contribution in [2.45, 2.75) is 38.1 Å². The number of carbonyl (C=O) groups excluding carboxylic acids is 2. The molecular formula is C22H31ClN4O4S2. The summed E-state index contributed by atoms with van der Waals surface area (Å²) in [5.74, 6) is -0.876. The monoisotopic (exact) mass is 514 g/mol. The summed E-state index contributed by atoms with van der Waals surface area (Å²) in [7, 11) is -3.59. The van der Waals surface area contributed by atoms with E-state index in [0.29, 0.717) is 30.4 Å². The van der Waals surface area contributed by atoms with E-state index in [2.05, 4.69) is 9.62 Å². The van der Waals surface area contributed by atoms with Crippen molar-refractivity contribution in [2.24, 2.45) is 5.92 Å². The van der Waals surface area contributed by atoms with Gasteiger partial charge >= 0.3 is 11.8 Å². The molecule has 0 saturated carbocycles. The summed E-state index contributed by atoms with van der Waals surface area (Å²) in [6.07, 6.45) is 6.48. The molecule has 0 unspecified atom stereocenters. The fourth-order valence-electron chi connectivity index (χ4n) is 4.85. The zero-order valence-electron chi connectivity index (χ0n) is 18.6. The smallest absolute Gasteiger partial charge is 0.312 e. The Kier molecular flexibility index (Phi) is 8.11. The maximum Gasteiger partial charge on any atom is 0.312 e. The average molecular weight is 515 g/mol. The molecule has 0 radical (unpaired) electrons. The second-order valence-corrected chi connectivity index (χ2v) is 12.4. The first-order valence-electron chi connectivity index (χ1n) is 11.6. The predicted octanol–water partition coefficient (Wildman–Crippen LogP) is 2.23. The number of nitrogens with zero attached hydrogens (tertiary/aromatic N) is 3. The molecule has 1 aromatic rings. The van der Waals surface area contributed by atoms with E-state index >= 15 is 0 Å². The predicted molar refractivity (Wildman–Crippen MR) is 130 cm³/mol. The summed E-state index contributed by atoms with van der Waals surface area (Å²) >= 11 is 7.17. The van der Waals surface area contributed by atoms with Crippen LogP contribution < -0.4 is 4.72 Å². The lowest BCUT2D eigenvalue weighted by Gasteiger charge is -2.29. The summed E-state index contributed by atoms with van der Waals surface area (Å²) in [5, 5.41) is 1.13. The van der Waals surface area contributed by atoms with Crippen LogP contribution in [0.2, 0.25) is 4.34 Å². The largest absolute Gasteiger partial charge is 0.334 e. The van der Waals surface area contributed by atoms with Crippen LogP contribution in [0.4, 0.5) is 0 Å². The Labute approximate surface area is 204 Å². The number of amides is 2. The van der Waals surface area contributed by atoms with Crippen molar-refractivity contribution in [1.82, 2.24) is 19.4 Å². The zero-order valence-corrected chi connectivity index (χ0v) is 21.0. The molecule has 3 aliphatic heterocycles. The Bertz CT molecular complexity index is 990. The van der Waals surface area contributed by atoms with Crippen LogP contribution in [-0.2, 0) is 19.6 Å². The highest BCUT2D eigenvalue weighted by Crippen LogP contribution is 2.24. The van der Waals surface area contributed by atoms with E-state index in [4.69, 9.17) is 11.6 Å². The minimum atomic E-state index is -3.59. The van der Waals surface area contributed by atoms with Gasteiger partial charge in [0, 0.05) is 49.1 Å². The van der Waals surface area contributed by atoms with Gasteiger partial charge in [-0.1, -0.05) is 11.6 Å². The summed E-state index contributed by atoms with van der Waals surface area (Å²) in [4.78, 5) is 32.3. The van der Waals surface area contributed by atoms with E-state index < -0.39 is 21.8 Å². The van der Waals surface area contributed by atoms with Crippen molar-refractivity contribution in [3.05, 3.63) is 26.8 Å². The number of hydrogen-bond donors (Lipinski definition) is 1. The lowest BCUT2D eigenvalue weighted by molar-refractivity contribution is -0.152. The Morgan fingerprint density at radius 1 is 1.09 bits per heavy atom. The quantitative estimate of drug-likeness (QED) is 0.563. The molecule has 8 nitrogen and oxygen atoms in total. The number of carbonyl (C=O) groups is 2. The summed E-state index contributed by atoms with van der Waals surface area (Å²) in [5.41, 5.74) is 0. The number of halogens is 1. The molecule has 0 bridgehead atoms. The Morgan fingerprint density at radius 2 is 1.88 bits per heavy atom. The number of sulfonamides is 1. The lowest BCUT2D eigenvalue weighted by atomic mass is 10.1. The number of nitrogens with one attached hydrogen (secondary N) is 1. The van der Waals surface area contributed by atoms with Crippen molar-refractivity contribution >= 4 is 50.9 Å². The molecule has 0 aromatic carbocycles. The molecular weight excluding hydrogens is 484 g/mol. The van der Waals surface area contributed by atoms with Gasteiger partial charge < -0.3 is 14.7 Å². The minimum absolute atomic E-state index is 0.0138. The molecule has 3 fully saturated rings. The fraction of sp³-hybridized carbons (Fsp3) is 0.636. The third-order valence-electron chi connectivity index (χ3n) is 6.64. The van der Waals surface area contributed by atoms with Crippen LogP contribution in [0, 0.1) is 5.92 Å². The van der Waals surface area contributed by atoms with Crippen LogP contribution in [0.25, 0.3) is 6.08 Å². The number of hydrogen-bond acceptors (Lipinski definition) is 6. The molecule has 2 atom stereocenters. The summed E-state index contributed by atoms with van der Waals surface area (Å²) < 4.78 is 27.7. The van der Waals surface area contributed by atoms with E-state index in [0.717, 1.165) is 42.8 Å². The van der Waals surface area contributed by atoms with Crippen LogP contribution in [0.1, 0.15) is 37.0 Å². The molecule has 33 heavy (non-hydrogen) atoms. The highest BCUT2D eigenvalue weighted by molar-refractivity contribution is 7.92. The number of likely N-dealkylation sites (tertiary alicyclic amines) is 3. The van der Waals surface area contributed by atoms with Crippen LogP contribution in [0.3, 0.4) is 0 Å². The molecule has 0 aliphatic carbocycles. The first kappa shape index (κ1) is 24.7. The van der Waals surface area contributed by atoms with Crippen molar-refractivity contribution in [3.8, 4) is 0 Å². The lowest BCUT2D eigenvalue weighted by Crippen LogP contribution is -2.49. The second kappa shape index (κ2) is 10.9. The zero-order chi connectivity index (χ0) is 23.4. The Hall–Kier alpha value is -1.46. The van der Waals surface area contributed by atoms with Gasteiger partial charge in [-0.3, -0.25) is 9.59 Å². The van der Waals surface area contributed by atoms with Gasteiger partial charge in [-0.25, -0.2) is 13.1 Å². The van der Waals surface area contributed by atoms with Gasteiger partial charge in [-0.2, -0.15) is 0 Å². The van der Waals surface area contributed by atoms with E-state index in [1.807, 2.05) is 0 Å². The van der Waals surface area contributed by atoms with Crippen molar-refractivity contribution < 1.29 is 18.0 Å². The molecule has 4 rings (SSSR count). The normalized spacial score (nSPS) is 24.4. The molecule has 2 amide bonds. The standard InChI is InChI=1S/C22H31ClN4O4S2/c23-20-6-5-19(32-20)8-13-33(30,31)24-14-17-7-12-26(15-17)21(28)22(29)27-11-3-4-18(27)16-25-9-1-2-10-25/h5-6,8,13,17-18,24H,1-4,7,9-12,14-16H2/b13-8+/t17-,18-/m0/s1. The molecule has 3 aliphatic rings. The average Bonchev–Trinajstić information content (AvgIpc) is 3.58. The molecule has 4 heterocycles. The van der Waals surface area contributed by atoms with Crippen LogP contribution in [0.5, 0.6) is 0 Å². The van der Waals surface area contributed by atoms with Crippen molar-refractivity contribution in [2.75, 3.05) is 45.8 Å². The van der Waals surface area contributed by atoms with Crippen molar-refractivity contribution in [3.63, 3.8) is 0 Å². The SMILES string of the molecule is O=C(C(=O)N1CCC[C@H]1CN1CCCC1)N1CC[C@@H](CNS(=O)(=O)/C=C/c2ccc(Cl)s2)C1. The molecule has 1 aromatic heterocycles. The third kappa shape index (κ3) is 6.57. The van der Waals surface area contributed by atoms with Gasteiger partial charge in [-0.15, -0.1) is 11.3 Å². The van der Waals surface area contributed by atoms with E-state index in [1.165, 1.54) is 30.3 Å². The molecule has 11 heteroatoms. The molecule has 3 saturated heterocycles. The first-order valence-corrected chi connectivity index (χ1v) is 14.3. The highest BCUT2D eigenvalue weighted by Gasteiger charge is 2.38. The van der Waals surface area contributed by atoms with E-state index in [9.17, 15) is 18.0 Å². The number of thiophene rings is 1. The van der Waals surface area contributed by atoms with Gasteiger partial charge in [0.15, 0.2) is 0 Å². The van der Waals surface area contributed by atoms with E-state index in [-0.39, 0.29) is 18.5 Å². The van der Waals surface area contributed by atoms with Gasteiger partial charge in [0.25, 0.3) is 0 Å². The second-order valence-electron chi connectivity index (χ2n) is 9.05. The highest BCUT2D eigenvalue weighted by atomic mass is 35.5.